The molecule has 3 rings (SSSR count). The number of aliphatic hydroxyl groups is 1. The molecule has 1 aliphatic carbocycles. The van der Waals surface area contributed by atoms with Crippen LogP contribution in [0.1, 0.15) is 32.1 Å². The summed E-state index contributed by atoms with van der Waals surface area (Å²) in [6.07, 6.45) is 9.79. The van der Waals surface area contributed by atoms with Crippen molar-refractivity contribution < 1.29 is 33.6 Å². The zero-order chi connectivity index (χ0) is 19.2. The van der Waals surface area contributed by atoms with Crippen molar-refractivity contribution in [3.05, 3.63) is 36.6 Å². The van der Waals surface area contributed by atoms with Gasteiger partial charge in [-0.05, 0) is 25.3 Å². The van der Waals surface area contributed by atoms with Gasteiger partial charge in [0.05, 0.1) is 38.4 Å². The van der Waals surface area contributed by atoms with Crippen LogP contribution in [-0.2, 0) is 28.5 Å². The Morgan fingerprint density at radius 1 is 1.11 bits per heavy atom. The molecule has 0 radical (unpaired) electrons. The van der Waals surface area contributed by atoms with Crippen molar-refractivity contribution in [2.45, 2.75) is 43.7 Å². The predicted octanol–water partition coefficient (Wildman–Crippen LogP) is 2.78. The van der Waals surface area contributed by atoms with Crippen LogP contribution >= 0.6 is 0 Å². The third kappa shape index (κ3) is 4.60. The second kappa shape index (κ2) is 9.01. The van der Waals surface area contributed by atoms with Crippen molar-refractivity contribution in [1.82, 2.24) is 0 Å². The Morgan fingerprint density at radius 2 is 1.70 bits per heavy atom. The second-order valence-electron chi connectivity index (χ2n) is 6.89. The van der Waals surface area contributed by atoms with Gasteiger partial charge >= 0.3 is 5.97 Å². The zero-order valence-electron chi connectivity index (χ0n) is 15.6. The van der Waals surface area contributed by atoms with E-state index in [1.165, 1.54) is 12.2 Å². The van der Waals surface area contributed by atoms with Crippen molar-refractivity contribution in [2.24, 2.45) is 5.92 Å². The molecule has 2 heterocycles. The molecule has 3 aliphatic rings. The number of hydrogen-bond donors (Lipinski definition) is 1. The molecule has 2 saturated heterocycles. The number of allylic oxidation sites excluding steroid dienone is 2. The van der Waals surface area contributed by atoms with Gasteiger partial charge in [-0.3, -0.25) is 0 Å². The third-order valence-electron chi connectivity index (χ3n) is 5.18. The molecular weight excluding hydrogens is 352 g/mol. The molecule has 0 aromatic rings. The molecule has 0 bridgehead atoms. The van der Waals surface area contributed by atoms with Crippen LogP contribution < -0.4 is 0 Å². The highest BCUT2D eigenvalue weighted by atomic mass is 16.8. The van der Waals surface area contributed by atoms with E-state index in [1.807, 2.05) is 6.08 Å². The smallest absolute Gasteiger partial charge is 0.334 e. The van der Waals surface area contributed by atoms with Crippen LogP contribution in [0.4, 0.5) is 0 Å². The molecule has 1 N–H and O–H groups in total. The summed E-state index contributed by atoms with van der Waals surface area (Å²) in [6.45, 7) is 5.90. The first-order valence-corrected chi connectivity index (χ1v) is 9.51. The van der Waals surface area contributed by atoms with E-state index in [-0.39, 0.29) is 18.3 Å². The molecular formula is C20H28O7. The quantitative estimate of drug-likeness (QED) is 0.239. The lowest BCUT2D eigenvalue weighted by Crippen LogP contribution is -2.56. The maximum absolute atomic E-state index is 11.4. The fourth-order valence-electron chi connectivity index (χ4n) is 4.16. The molecule has 27 heavy (non-hydrogen) atoms. The van der Waals surface area contributed by atoms with Crippen LogP contribution in [0.15, 0.2) is 36.6 Å². The van der Waals surface area contributed by atoms with Gasteiger partial charge in [0.2, 0.25) is 0 Å². The summed E-state index contributed by atoms with van der Waals surface area (Å²) in [6, 6.07) is 0. The average Bonchev–Trinajstić information content (AvgIpc) is 3.30. The highest BCUT2D eigenvalue weighted by molar-refractivity contribution is 5.82. The maximum Gasteiger partial charge on any atom is 0.334 e. The topological polar surface area (TPSA) is 83.5 Å². The first-order valence-electron chi connectivity index (χ1n) is 9.51. The minimum absolute atomic E-state index is 0.0444. The summed E-state index contributed by atoms with van der Waals surface area (Å²) in [7, 11) is 0. The van der Waals surface area contributed by atoms with E-state index in [0.29, 0.717) is 32.8 Å². The molecule has 0 aromatic carbocycles. The van der Waals surface area contributed by atoms with E-state index in [1.54, 1.807) is 0 Å². The molecule has 0 aromatic heterocycles. The van der Waals surface area contributed by atoms with Crippen LogP contribution in [0.5, 0.6) is 0 Å². The number of hydrogen-bond acceptors (Lipinski definition) is 7. The van der Waals surface area contributed by atoms with Gasteiger partial charge in [0.1, 0.15) is 12.4 Å². The Hall–Kier alpha value is -1.67. The zero-order valence-corrected chi connectivity index (χ0v) is 15.6. The van der Waals surface area contributed by atoms with Gasteiger partial charge in [0.15, 0.2) is 11.6 Å². The van der Waals surface area contributed by atoms with Crippen molar-refractivity contribution in [3.63, 3.8) is 0 Å². The fourth-order valence-corrected chi connectivity index (χ4v) is 4.16. The van der Waals surface area contributed by atoms with E-state index in [9.17, 15) is 9.90 Å². The molecule has 0 amide bonds. The third-order valence-corrected chi connectivity index (χ3v) is 5.18. The van der Waals surface area contributed by atoms with Crippen molar-refractivity contribution in [2.75, 3.05) is 33.0 Å². The largest absolute Gasteiger partial charge is 0.508 e. The van der Waals surface area contributed by atoms with Crippen LogP contribution in [0.3, 0.4) is 0 Å². The van der Waals surface area contributed by atoms with E-state index in [2.05, 4.69) is 6.58 Å². The number of carbonyl (C=O) groups is 1. The summed E-state index contributed by atoms with van der Waals surface area (Å²) < 4.78 is 28.8. The highest BCUT2D eigenvalue weighted by Crippen LogP contribution is 2.51. The van der Waals surface area contributed by atoms with Gasteiger partial charge < -0.3 is 28.8 Å². The lowest BCUT2D eigenvalue weighted by molar-refractivity contribution is -0.319. The molecule has 3 fully saturated rings. The van der Waals surface area contributed by atoms with Gasteiger partial charge in [-0.15, -0.1) is 0 Å². The fraction of sp³-hybridized carbons (Fsp3) is 0.650. The number of esters is 1. The van der Waals surface area contributed by atoms with Crippen LogP contribution in [0.2, 0.25) is 0 Å². The molecule has 0 atom stereocenters. The molecule has 7 nitrogen and oxygen atoms in total. The van der Waals surface area contributed by atoms with Gasteiger partial charge in [0.25, 0.3) is 0 Å². The Balaban J connectivity index is 1.60. The lowest BCUT2D eigenvalue weighted by atomic mass is 9.75. The van der Waals surface area contributed by atoms with Gasteiger partial charge in [-0.1, -0.05) is 18.7 Å². The minimum Gasteiger partial charge on any atom is -0.508 e. The van der Waals surface area contributed by atoms with E-state index in [4.69, 9.17) is 23.7 Å². The Bertz CT molecular complexity index is 559. The first-order chi connectivity index (χ1) is 13.1. The van der Waals surface area contributed by atoms with Crippen molar-refractivity contribution >= 4 is 5.97 Å². The van der Waals surface area contributed by atoms with Crippen molar-refractivity contribution in [1.29, 1.82) is 0 Å². The monoisotopic (exact) mass is 380 g/mol. The number of ether oxygens (including phenoxy) is 5. The van der Waals surface area contributed by atoms with E-state index >= 15 is 0 Å². The van der Waals surface area contributed by atoms with Gasteiger partial charge in [-0.25, -0.2) is 4.79 Å². The summed E-state index contributed by atoms with van der Waals surface area (Å²) in [5, 5.41) is 9.81. The predicted molar refractivity (Wildman–Crippen MR) is 96.9 cm³/mol. The van der Waals surface area contributed by atoms with Crippen molar-refractivity contribution in [3.8, 4) is 0 Å². The summed E-state index contributed by atoms with van der Waals surface area (Å²) in [5.74, 6) is -2.11. The van der Waals surface area contributed by atoms with Gasteiger partial charge in [-0.2, -0.15) is 0 Å². The van der Waals surface area contributed by atoms with Crippen LogP contribution in [0.25, 0.3) is 0 Å². The second-order valence-corrected chi connectivity index (χ2v) is 6.89. The Kier molecular flexibility index (Phi) is 6.70. The maximum atomic E-state index is 11.4. The van der Waals surface area contributed by atoms with E-state index < -0.39 is 17.5 Å². The molecule has 0 unspecified atom stereocenters. The normalized spacial score (nSPS) is 24.8. The van der Waals surface area contributed by atoms with Crippen LogP contribution in [-0.4, -0.2) is 55.7 Å². The highest BCUT2D eigenvalue weighted by Gasteiger charge is 2.59. The average molecular weight is 380 g/mol. The Morgan fingerprint density at radius 3 is 2.26 bits per heavy atom. The molecule has 2 aliphatic heterocycles. The van der Waals surface area contributed by atoms with E-state index in [0.717, 1.165) is 31.8 Å². The standard InChI is InChI=1S/C20H28O7/c1-2-10-23-18(22)15-16(21)6-3-4-7-17-19(24-11-12-25-19)8-5-9-20(17)26-13-14-27-20/h2-3,6,15,17,21H,1,4-5,7-14H2/b6-3+,16-15+. The molecule has 150 valence electrons. The summed E-state index contributed by atoms with van der Waals surface area (Å²) >= 11 is 0. The number of carbonyl (C=O) groups excluding carboxylic acids is 1. The first kappa shape index (κ1) is 20.1. The number of aliphatic hydroxyl groups excluding tert-OH is 1. The molecule has 1 saturated carbocycles. The summed E-state index contributed by atoms with van der Waals surface area (Å²) in [5.41, 5.74) is 0. The van der Waals surface area contributed by atoms with Crippen LogP contribution in [0, 0.1) is 5.92 Å². The minimum atomic E-state index is -0.650. The Labute approximate surface area is 159 Å². The number of rotatable bonds is 7. The lowest BCUT2D eigenvalue weighted by Gasteiger charge is -2.48. The molecule has 7 heteroatoms. The summed E-state index contributed by atoms with van der Waals surface area (Å²) in [4.78, 5) is 11.4. The SMILES string of the molecule is C=CCOC(=O)/C=C(O)\C=C\CCC1C2(CCCC13OCCO3)OCCO2. The molecule has 2 spiro atoms. The van der Waals surface area contributed by atoms with Gasteiger partial charge in [0, 0.05) is 12.8 Å².